The van der Waals surface area contributed by atoms with Gasteiger partial charge in [0.2, 0.25) is 0 Å². The third kappa shape index (κ3) is 4.92. The SMILES string of the molecule is CC(C)(CNc1nc(-c2ccc(Oc3ccccc3)cc2)c(-c2cncnc2)s1)C(=O)O. The molecule has 2 heterocycles. The zero-order valence-corrected chi connectivity index (χ0v) is 18.5. The number of anilines is 1. The number of carbonyl (C=O) groups is 1. The number of aliphatic carboxylic acids is 1. The number of aromatic nitrogens is 3. The average molecular weight is 447 g/mol. The Balaban J connectivity index is 1.63. The van der Waals surface area contributed by atoms with E-state index in [1.54, 1.807) is 26.2 Å². The molecule has 2 aromatic carbocycles. The second kappa shape index (κ2) is 9.15. The lowest BCUT2D eigenvalue weighted by molar-refractivity contribution is -0.146. The number of nitrogens with zero attached hydrogens (tertiary/aromatic N) is 3. The lowest BCUT2D eigenvalue weighted by atomic mass is 9.94. The Kier molecular flexibility index (Phi) is 6.13. The average Bonchev–Trinajstić information content (AvgIpc) is 3.24. The van der Waals surface area contributed by atoms with E-state index in [-0.39, 0.29) is 6.54 Å². The molecule has 0 radical (unpaired) electrons. The summed E-state index contributed by atoms with van der Waals surface area (Å²) >= 11 is 1.44. The molecule has 8 heteroatoms. The van der Waals surface area contributed by atoms with Crippen LogP contribution in [0.4, 0.5) is 5.13 Å². The Bertz CT molecular complexity index is 1190. The highest BCUT2D eigenvalue weighted by atomic mass is 32.1. The predicted molar refractivity (Wildman–Crippen MR) is 125 cm³/mol. The fourth-order valence-electron chi connectivity index (χ4n) is 2.88. The minimum Gasteiger partial charge on any atom is -0.481 e. The number of benzene rings is 2. The first-order chi connectivity index (χ1) is 15.4. The molecular formula is C24H22N4O3S. The monoisotopic (exact) mass is 446 g/mol. The fraction of sp³-hybridized carbons (Fsp3) is 0.167. The van der Waals surface area contributed by atoms with Crippen molar-refractivity contribution in [3.63, 3.8) is 0 Å². The summed E-state index contributed by atoms with van der Waals surface area (Å²) in [6.45, 7) is 3.60. The molecule has 0 unspecified atom stereocenters. The van der Waals surface area contributed by atoms with Gasteiger partial charge in [-0.15, -0.1) is 0 Å². The summed E-state index contributed by atoms with van der Waals surface area (Å²) in [7, 11) is 0. The van der Waals surface area contributed by atoms with E-state index in [0.717, 1.165) is 33.2 Å². The molecule has 2 N–H and O–H groups in total. The third-order valence-electron chi connectivity index (χ3n) is 4.82. The van der Waals surface area contributed by atoms with Crippen LogP contribution in [-0.4, -0.2) is 32.6 Å². The second-order valence-electron chi connectivity index (χ2n) is 7.81. The first-order valence-corrected chi connectivity index (χ1v) is 10.8. The molecular weight excluding hydrogens is 424 g/mol. The van der Waals surface area contributed by atoms with Gasteiger partial charge in [-0.3, -0.25) is 4.79 Å². The van der Waals surface area contributed by atoms with Crippen molar-refractivity contribution in [2.24, 2.45) is 5.41 Å². The quantitative estimate of drug-likeness (QED) is 0.364. The first kappa shape index (κ1) is 21.5. The van der Waals surface area contributed by atoms with Gasteiger partial charge in [0.1, 0.15) is 17.8 Å². The van der Waals surface area contributed by atoms with Crippen LogP contribution in [0.3, 0.4) is 0 Å². The number of para-hydroxylation sites is 1. The van der Waals surface area contributed by atoms with Crippen molar-refractivity contribution >= 4 is 22.4 Å². The molecule has 2 aromatic heterocycles. The number of nitrogens with one attached hydrogen (secondary N) is 1. The summed E-state index contributed by atoms with van der Waals surface area (Å²) in [6, 6.07) is 17.3. The van der Waals surface area contributed by atoms with Crippen LogP contribution >= 0.6 is 11.3 Å². The van der Waals surface area contributed by atoms with Gasteiger partial charge in [-0.05, 0) is 50.2 Å². The van der Waals surface area contributed by atoms with Gasteiger partial charge in [0.05, 0.1) is 16.0 Å². The van der Waals surface area contributed by atoms with Crippen molar-refractivity contribution in [3.05, 3.63) is 73.3 Å². The molecule has 0 atom stereocenters. The van der Waals surface area contributed by atoms with Gasteiger partial charge in [-0.1, -0.05) is 29.5 Å². The molecule has 0 aliphatic heterocycles. The van der Waals surface area contributed by atoms with E-state index in [4.69, 9.17) is 9.72 Å². The second-order valence-corrected chi connectivity index (χ2v) is 8.81. The van der Waals surface area contributed by atoms with Crippen LogP contribution in [0.2, 0.25) is 0 Å². The normalized spacial score (nSPS) is 11.2. The summed E-state index contributed by atoms with van der Waals surface area (Å²) in [5.41, 5.74) is 1.60. The zero-order chi connectivity index (χ0) is 22.6. The minimum atomic E-state index is -0.918. The topological polar surface area (TPSA) is 97.2 Å². The number of ether oxygens (including phenoxy) is 1. The smallest absolute Gasteiger partial charge is 0.310 e. The van der Waals surface area contributed by atoms with Crippen LogP contribution in [0.1, 0.15) is 13.8 Å². The van der Waals surface area contributed by atoms with Crippen LogP contribution in [0.25, 0.3) is 21.7 Å². The van der Waals surface area contributed by atoms with Crippen molar-refractivity contribution in [1.29, 1.82) is 0 Å². The van der Waals surface area contributed by atoms with Gasteiger partial charge in [-0.25, -0.2) is 15.0 Å². The van der Waals surface area contributed by atoms with Crippen molar-refractivity contribution < 1.29 is 14.6 Å². The maximum absolute atomic E-state index is 11.4. The first-order valence-electron chi connectivity index (χ1n) is 9.99. The van der Waals surface area contributed by atoms with E-state index in [1.807, 2.05) is 54.6 Å². The maximum Gasteiger partial charge on any atom is 0.310 e. The highest BCUT2D eigenvalue weighted by molar-refractivity contribution is 7.19. The van der Waals surface area contributed by atoms with Crippen molar-refractivity contribution in [1.82, 2.24) is 15.0 Å². The molecule has 0 fully saturated rings. The standard InChI is InChI=1S/C24H22N4O3S/c1-24(2,22(29)30)14-27-23-28-20(21(32-23)17-12-25-15-26-13-17)16-8-10-19(11-9-16)31-18-6-4-3-5-7-18/h3-13,15H,14H2,1-2H3,(H,27,28)(H,29,30). The molecule has 0 aliphatic rings. The van der Waals surface area contributed by atoms with Crippen LogP contribution in [0.15, 0.2) is 73.3 Å². The highest BCUT2D eigenvalue weighted by Gasteiger charge is 2.27. The van der Waals surface area contributed by atoms with Crippen molar-refractivity contribution in [2.75, 3.05) is 11.9 Å². The van der Waals surface area contributed by atoms with Crippen molar-refractivity contribution in [3.8, 4) is 33.2 Å². The molecule has 0 aliphatic carbocycles. The van der Waals surface area contributed by atoms with E-state index in [0.29, 0.717) is 5.13 Å². The van der Waals surface area contributed by atoms with E-state index in [9.17, 15) is 9.90 Å². The molecule has 0 bridgehead atoms. The zero-order valence-electron chi connectivity index (χ0n) is 17.6. The lowest BCUT2D eigenvalue weighted by Gasteiger charge is -2.18. The van der Waals surface area contributed by atoms with Gasteiger partial charge in [0.15, 0.2) is 5.13 Å². The minimum absolute atomic E-state index is 0.254. The van der Waals surface area contributed by atoms with E-state index < -0.39 is 11.4 Å². The number of thiazole rings is 1. The van der Waals surface area contributed by atoms with Gasteiger partial charge < -0.3 is 15.2 Å². The Morgan fingerprint density at radius 2 is 1.66 bits per heavy atom. The molecule has 0 amide bonds. The van der Waals surface area contributed by atoms with Crippen LogP contribution in [0, 0.1) is 5.41 Å². The van der Waals surface area contributed by atoms with Crippen LogP contribution < -0.4 is 10.1 Å². The van der Waals surface area contributed by atoms with Crippen LogP contribution in [0.5, 0.6) is 11.5 Å². The van der Waals surface area contributed by atoms with Crippen LogP contribution in [-0.2, 0) is 4.79 Å². The Morgan fingerprint density at radius 1 is 1.00 bits per heavy atom. The lowest BCUT2D eigenvalue weighted by Crippen LogP contribution is -2.31. The molecule has 7 nitrogen and oxygen atoms in total. The molecule has 0 saturated heterocycles. The third-order valence-corrected chi connectivity index (χ3v) is 5.88. The Hall–Kier alpha value is -3.78. The summed E-state index contributed by atoms with van der Waals surface area (Å²) in [5.74, 6) is 0.623. The largest absolute Gasteiger partial charge is 0.481 e. The fourth-order valence-corrected chi connectivity index (χ4v) is 3.84. The van der Waals surface area contributed by atoms with Gasteiger partial charge in [0, 0.05) is 30.1 Å². The van der Waals surface area contributed by atoms with Crippen molar-refractivity contribution in [2.45, 2.75) is 13.8 Å². The van der Waals surface area contributed by atoms with Gasteiger partial charge >= 0.3 is 5.97 Å². The summed E-state index contributed by atoms with van der Waals surface area (Å²) in [5, 5.41) is 13.2. The Morgan fingerprint density at radius 3 is 2.31 bits per heavy atom. The number of carboxylic acid groups (broad SMARTS) is 1. The summed E-state index contributed by atoms with van der Waals surface area (Å²) in [4.78, 5) is 25.3. The molecule has 4 aromatic rings. The number of hydrogen-bond donors (Lipinski definition) is 2. The summed E-state index contributed by atoms with van der Waals surface area (Å²) < 4.78 is 5.88. The van der Waals surface area contributed by atoms with Gasteiger partial charge in [-0.2, -0.15) is 0 Å². The molecule has 0 spiro atoms. The van der Waals surface area contributed by atoms with E-state index >= 15 is 0 Å². The Labute approximate surface area is 189 Å². The van der Waals surface area contributed by atoms with E-state index in [2.05, 4.69) is 15.3 Å². The number of carboxylic acids is 1. The number of hydrogen-bond acceptors (Lipinski definition) is 7. The molecule has 0 saturated carbocycles. The summed E-state index contributed by atoms with van der Waals surface area (Å²) in [6.07, 6.45) is 4.96. The van der Waals surface area contributed by atoms with E-state index in [1.165, 1.54) is 17.7 Å². The number of rotatable bonds is 8. The molecule has 4 rings (SSSR count). The molecule has 32 heavy (non-hydrogen) atoms. The maximum atomic E-state index is 11.4. The molecule has 162 valence electrons. The predicted octanol–water partition coefficient (Wildman–Crippen LogP) is 5.58. The highest BCUT2D eigenvalue weighted by Crippen LogP contribution is 2.39. The van der Waals surface area contributed by atoms with Gasteiger partial charge in [0.25, 0.3) is 0 Å².